The van der Waals surface area contributed by atoms with Crippen molar-refractivity contribution in [3.05, 3.63) is 30.3 Å². The molecule has 1 unspecified atom stereocenters. The van der Waals surface area contributed by atoms with Gasteiger partial charge in [0.25, 0.3) is 0 Å². The monoisotopic (exact) mass is 375 g/mol. The molecule has 144 valence electrons. The van der Waals surface area contributed by atoms with Crippen molar-refractivity contribution in [2.45, 2.75) is 26.3 Å². The van der Waals surface area contributed by atoms with Crippen LogP contribution in [0.2, 0.25) is 0 Å². The number of carbonyl (C=O) groups is 3. The van der Waals surface area contributed by atoms with Gasteiger partial charge >= 0.3 is 6.09 Å². The number of hydrogen-bond donors (Lipinski definition) is 3. The Hall–Kier alpha value is -3.36. The number of nitrogens with one attached hydrogen (secondary N) is 2. The molecule has 1 aromatic heterocycles. The largest absolute Gasteiger partial charge is 0.496 e. The Morgan fingerprint density at radius 3 is 2.63 bits per heavy atom. The highest BCUT2D eigenvalue weighted by atomic mass is 16.5. The molecule has 0 saturated carbocycles. The number of benzene rings is 1. The van der Waals surface area contributed by atoms with E-state index in [2.05, 4.69) is 15.6 Å². The summed E-state index contributed by atoms with van der Waals surface area (Å²) in [5.74, 6) is 0.280. The van der Waals surface area contributed by atoms with Crippen molar-refractivity contribution in [1.82, 2.24) is 10.3 Å². The fourth-order valence-electron chi connectivity index (χ4n) is 2.58. The van der Waals surface area contributed by atoms with E-state index < -0.39 is 18.0 Å². The van der Waals surface area contributed by atoms with Gasteiger partial charge in [0.05, 0.1) is 24.6 Å². The van der Waals surface area contributed by atoms with Crippen molar-refractivity contribution in [3.8, 4) is 17.1 Å². The van der Waals surface area contributed by atoms with E-state index in [4.69, 9.17) is 14.3 Å². The maximum Gasteiger partial charge on any atom is 0.405 e. The molecule has 0 saturated heterocycles. The van der Waals surface area contributed by atoms with E-state index in [1.54, 1.807) is 0 Å². The van der Waals surface area contributed by atoms with Crippen LogP contribution in [0.25, 0.3) is 11.3 Å². The average Bonchev–Trinajstić information content (AvgIpc) is 3.14. The predicted molar refractivity (Wildman–Crippen MR) is 96.9 cm³/mol. The summed E-state index contributed by atoms with van der Waals surface area (Å²) in [4.78, 5) is 38.8. The van der Waals surface area contributed by atoms with Crippen LogP contribution in [-0.4, -0.2) is 41.5 Å². The Kier molecular flexibility index (Phi) is 6.53. The molecule has 2 rings (SSSR count). The highest BCUT2D eigenvalue weighted by Crippen LogP contribution is 2.34. The number of hydrogen-bond acceptors (Lipinski definition) is 6. The van der Waals surface area contributed by atoms with Gasteiger partial charge in [0.15, 0.2) is 18.4 Å². The van der Waals surface area contributed by atoms with Gasteiger partial charge in [0, 0.05) is 11.6 Å². The zero-order chi connectivity index (χ0) is 20.0. The number of amides is 2. The molecule has 0 radical (unpaired) electrons. The van der Waals surface area contributed by atoms with E-state index in [-0.39, 0.29) is 17.2 Å². The van der Waals surface area contributed by atoms with Gasteiger partial charge in [0.1, 0.15) is 11.8 Å². The average molecular weight is 375 g/mol. The molecule has 27 heavy (non-hydrogen) atoms. The summed E-state index contributed by atoms with van der Waals surface area (Å²) < 4.78 is 10.6. The van der Waals surface area contributed by atoms with Crippen molar-refractivity contribution in [2.75, 3.05) is 12.4 Å². The van der Waals surface area contributed by atoms with E-state index in [0.29, 0.717) is 29.8 Å². The first-order valence-electron chi connectivity index (χ1n) is 8.22. The van der Waals surface area contributed by atoms with Crippen molar-refractivity contribution in [1.29, 1.82) is 0 Å². The second-order valence-corrected chi connectivity index (χ2v) is 6.24. The molecule has 0 aliphatic heterocycles. The Balaban J connectivity index is 2.35. The van der Waals surface area contributed by atoms with Crippen LogP contribution < -0.4 is 15.4 Å². The quantitative estimate of drug-likeness (QED) is 0.605. The van der Waals surface area contributed by atoms with Gasteiger partial charge in [-0.25, -0.2) is 9.78 Å². The number of oxazole rings is 1. The first kappa shape index (κ1) is 20.0. The second kappa shape index (κ2) is 8.84. The Morgan fingerprint density at radius 2 is 2.11 bits per heavy atom. The molecule has 1 aromatic carbocycles. The molecule has 2 aromatic rings. The van der Waals surface area contributed by atoms with Crippen LogP contribution in [0.4, 0.5) is 10.5 Å². The molecule has 2 amide bonds. The maximum absolute atomic E-state index is 12.5. The van der Waals surface area contributed by atoms with Crippen LogP contribution >= 0.6 is 0 Å². The molecular formula is C18H21N3O6. The van der Waals surface area contributed by atoms with E-state index in [1.165, 1.54) is 31.8 Å². The minimum absolute atomic E-state index is 0.0847. The third-order valence-electron chi connectivity index (χ3n) is 3.78. The smallest absolute Gasteiger partial charge is 0.405 e. The van der Waals surface area contributed by atoms with Crippen LogP contribution in [0.1, 0.15) is 30.6 Å². The molecule has 0 fully saturated rings. The van der Waals surface area contributed by atoms with Crippen LogP contribution in [0, 0.1) is 5.92 Å². The lowest BCUT2D eigenvalue weighted by Crippen LogP contribution is -2.44. The standard InChI is InChI=1S/C18H21N3O6/c1-10(2)4-14(21-18(24)25)17(23)20-13-6-15(26-3)12(5-11(13)8-22)16-7-19-9-27-16/h5-10,14,21H,4H2,1-3H3,(H,20,23)(H,24,25). The summed E-state index contributed by atoms with van der Waals surface area (Å²) in [5.41, 5.74) is 0.891. The number of anilines is 1. The predicted octanol–water partition coefficient (Wildman–Crippen LogP) is 2.78. The Morgan fingerprint density at radius 1 is 1.37 bits per heavy atom. The lowest BCUT2D eigenvalue weighted by molar-refractivity contribution is -0.118. The molecule has 1 heterocycles. The number of aromatic nitrogens is 1. The van der Waals surface area contributed by atoms with Crippen LogP contribution in [0.3, 0.4) is 0 Å². The fourth-order valence-corrected chi connectivity index (χ4v) is 2.58. The molecule has 1 atom stereocenters. The summed E-state index contributed by atoms with van der Waals surface area (Å²) in [6.07, 6.45) is 2.31. The molecule has 9 nitrogen and oxygen atoms in total. The third kappa shape index (κ3) is 5.06. The van der Waals surface area contributed by atoms with Gasteiger partial charge in [-0.3, -0.25) is 9.59 Å². The number of nitrogens with zero attached hydrogens (tertiary/aromatic N) is 1. The van der Waals surface area contributed by atoms with Gasteiger partial charge in [-0.2, -0.15) is 0 Å². The number of ether oxygens (including phenoxy) is 1. The number of carboxylic acid groups (broad SMARTS) is 1. The summed E-state index contributed by atoms with van der Waals surface area (Å²) >= 11 is 0. The van der Waals surface area contributed by atoms with Gasteiger partial charge in [-0.1, -0.05) is 13.8 Å². The molecule has 9 heteroatoms. The first-order chi connectivity index (χ1) is 12.8. The van der Waals surface area contributed by atoms with Crippen LogP contribution in [0.5, 0.6) is 5.75 Å². The van der Waals surface area contributed by atoms with E-state index in [9.17, 15) is 14.4 Å². The normalized spacial score (nSPS) is 11.7. The van der Waals surface area contributed by atoms with Crippen LogP contribution in [0.15, 0.2) is 29.1 Å². The lowest BCUT2D eigenvalue weighted by Gasteiger charge is -2.20. The number of carbonyl (C=O) groups excluding carboxylic acids is 2. The van der Waals surface area contributed by atoms with Gasteiger partial charge in [0.2, 0.25) is 5.91 Å². The van der Waals surface area contributed by atoms with Crippen molar-refractivity contribution >= 4 is 24.0 Å². The van der Waals surface area contributed by atoms with E-state index in [1.807, 2.05) is 13.8 Å². The van der Waals surface area contributed by atoms with Gasteiger partial charge in [-0.15, -0.1) is 0 Å². The Bertz CT molecular complexity index is 817. The zero-order valence-electron chi connectivity index (χ0n) is 15.2. The van der Waals surface area contributed by atoms with Gasteiger partial charge in [-0.05, 0) is 18.4 Å². The maximum atomic E-state index is 12.5. The summed E-state index contributed by atoms with van der Waals surface area (Å²) in [6.45, 7) is 3.74. The topological polar surface area (TPSA) is 131 Å². The number of methoxy groups -OCH3 is 1. The van der Waals surface area contributed by atoms with E-state index >= 15 is 0 Å². The third-order valence-corrected chi connectivity index (χ3v) is 3.78. The molecule has 3 N–H and O–H groups in total. The van der Waals surface area contributed by atoms with Crippen molar-refractivity contribution in [3.63, 3.8) is 0 Å². The molecular weight excluding hydrogens is 354 g/mol. The number of aldehydes is 1. The molecule has 0 spiro atoms. The highest BCUT2D eigenvalue weighted by Gasteiger charge is 2.23. The van der Waals surface area contributed by atoms with Crippen molar-refractivity contribution in [2.24, 2.45) is 5.92 Å². The summed E-state index contributed by atoms with van der Waals surface area (Å²) in [7, 11) is 1.44. The first-order valence-corrected chi connectivity index (χ1v) is 8.22. The SMILES string of the molecule is COc1cc(NC(=O)C(CC(C)C)NC(=O)O)c(C=O)cc1-c1cnco1. The minimum Gasteiger partial charge on any atom is -0.496 e. The second-order valence-electron chi connectivity index (χ2n) is 6.24. The molecule has 0 aliphatic rings. The van der Waals surface area contributed by atoms with Crippen LogP contribution in [-0.2, 0) is 4.79 Å². The zero-order valence-corrected chi connectivity index (χ0v) is 15.2. The molecule has 0 bridgehead atoms. The summed E-state index contributed by atoms with van der Waals surface area (Å²) in [5, 5.41) is 13.7. The van der Waals surface area contributed by atoms with Crippen molar-refractivity contribution < 1.29 is 28.6 Å². The van der Waals surface area contributed by atoms with E-state index in [0.717, 1.165) is 0 Å². The highest BCUT2D eigenvalue weighted by molar-refractivity contribution is 6.01. The fraction of sp³-hybridized carbons (Fsp3) is 0.333. The lowest BCUT2D eigenvalue weighted by atomic mass is 10.0. The minimum atomic E-state index is -1.30. The number of rotatable bonds is 8. The molecule has 0 aliphatic carbocycles. The Labute approximate surface area is 155 Å². The summed E-state index contributed by atoms with van der Waals surface area (Å²) in [6, 6.07) is 2.03. The van der Waals surface area contributed by atoms with Gasteiger partial charge < -0.3 is 24.9 Å².